The first-order chi connectivity index (χ1) is 14.0. The molecule has 0 radical (unpaired) electrons. The summed E-state index contributed by atoms with van der Waals surface area (Å²) in [6, 6.07) is 0. The molecule has 0 spiro atoms. The van der Waals surface area contributed by atoms with Crippen LogP contribution < -0.4 is 0 Å². The van der Waals surface area contributed by atoms with E-state index in [4.69, 9.17) is 4.52 Å². The molecular formula is C26H55O2P. The van der Waals surface area contributed by atoms with Gasteiger partial charge in [0.2, 0.25) is 0 Å². The molecule has 0 aromatic rings. The fourth-order valence-electron chi connectivity index (χ4n) is 4.87. The molecule has 0 heterocycles. The summed E-state index contributed by atoms with van der Waals surface area (Å²) in [4.78, 5) is 13.5. The predicted molar refractivity (Wildman–Crippen MR) is 135 cm³/mol. The Balaban J connectivity index is 5.92. The zero-order valence-electron chi connectivity index (χ0n) is 21.1. The van der Waals surface area contributed by atoms with Crippen LogP contribution in [0.3, 0.4) is 0 Å². The van der Waals surface area contributed by atoms with E-state index in [2.05, 4.69) is 41.5 Å². The van der Waals surface area contributed by atoms with Crippen molar-refractivity contribution in [2.75, 3.05) is 24.6 Å². The summed E-state index contributed by atoms with van der Waals surface area (Å²) >= 11 is 0. The first-order valence-electron chi connectivity index (χ1n) is 13.2. The van der Waals surface area contributed by atoms with Crippen LogP contribution in [-0.2, 0) is 9.32 Å². The first kappa shape index (κ1) is 28.9. The molecule has 176 valence electrons. The van der Waals surface area contributed by atoms with Crippen molar-refractivity contribution in [3.8, 4) is 0 Å². The SMILES string of the molecule is CCCCCCP(CCCC)(CCCC)(CCCC)OC(=O)C(CCC)CCC. The molecule has 0 amide bonds. The summed E-state index contributed by atoms with van der Waals surface area (Å²) in [6.07, 6.45) is 21.3. The van der Waals surface area contributed by atoms with E-state index in [0.29, 0.717) is 0 Å². The van der Waals surface area contributed by atoms with E-state index in [1.54, 1.807) is 0 Å². The fraction of sp³-hybridized carbons (Fsp3) is 0.962. The van der Waals surface area contributed by atoms with Crippen molar-refractivity contribution in [1.29, 1.82) is 0 Å². The zero-order chi connectivity index (χ0) is 22.0. The standard InChI is InChI=1S/C26H55O2P/c1-7-13-17-18-24-29(21-14-8-2,22-15-9-3,23-16-10-4)28-26(27)25(19-11-5)20-12-6/h25H,7-24H2,1-6H3. The topological polar surface area (TPSA) is 26.3 Å². The Morgan fingerprint density at radius 1 is 0.586 bits per heavy atom. The van der Waals surface area contributed by atoms with Gasteiger partial charge in [-0.25, -0.2) is 0 Å². The van der Waals surface area contributed by atoms with Gasteiger partial charge in [0.15, 0.2) is 0 Å². The summed E-state index contributed by atoms with van der Waals surface area (Å²) in [6.45, 7) is 11.1. The van der Waals surface area contributed by atoms with E-state index in [1.807, 2.05) is 0 Å². The van der Waals surface area contributed by atoms with Gasteiger partial charge < -0.3 is 0 Å². The van der Waals surface area contributed by atoms with Crippen molar-refractivity contribution in [3.05, 3.63) is 0 Å². The Bertz CT molecular complexity index is 377. The van der Waals surface area contributed by atoms with Gasteiger partial charge in [-0.1, -0.05) is 0 Å². The third-order valence-corrected chi connectivity index (χ3v) is 13.3. The third-order valence-electron chi connectivity index (χ3n) is 6.76. The Kier molecular flexibility index (Phi) is 16.5. The van der Waals surface area contributed by atoms with E-state index in [0.717, 1.165) is 25.7 Å². The molecule has 0 saturated heterocycles. The second-order valence-electron chi connectivity index (χ2n) is 9.56. The summed E-state index contributed by atoms with van der Waals surface area (Å²) in [5.41, 5.74) is 0. The predicted octanol–water partition coefficient (Wildman–Crippen LogP) is 9.19. The van der Waals surface area contributed by atoms with Gasteiger partial charge in [-0.3, -0.25) is 0 Å². The maximum absolute atomic E-state index is 13.5. The van der Waals surface area contributed by atoms with Crippen molar-refractivity contribution in [2.24, 2.45) is 5.92 Å². The number of rotatable bonds is 20. The fourth-order valence-corrected chi connectivity index (χ4v) is 11.6. The number of carbonyl (C=O) groups is 1. The third kappa shape index (κ3) is 10.7. The van der Waals surface area contributed by atoms with E-state index >= 15 is 0 Å². The van der Waals surface area contributed by atoms with Crippen LogP contribution in [0.15, 0.2) is 0 Å². The van der Waals surface area contributed by atoms with Gasteiger partial charge in [-0.15, -0.1) is 0 Å². The number of hydrogen-bond acceptors (Lipinski definition) is 2. The van der Waals surface area contributed by atoms with Crippen LogP contribution in [0.2, 0.25) is 0 Å². The molecule has 0 atom stereocenters. The molecule has 0 aliphatic rings. The summed E-state index contributed by atoms with van der Waals surface area (Å²) in [7, 11) is 0. The van der Waals surface area contributed by atoms with Crippen LogP contribution in [-0.4, -0.2) is 30.6 Å². The van der Waals surface area contributed by atoms with Gasteiger partial charge in [0.1, 0.15) is 0 Å². The van der Waals surface area contributed by atoms with Crippen LogP contribution in [0.1, 0.15) is 131 Å². The Labute approximate surface area is 184 Å². The van der Waals surface area contributed by atoms with Gasteiger partial charge >= 0.3 is 184 Å². The molecule has 0 unspecified atom stereocenters. The summed E-state index contributed by atoms with van der Waals surface area (Å²) in [5.74, 6) is 0.289. The van der Waals surface area contributed by atoms with Crippen LogP contribution in [0.5, 0.6) is 0 Å². The minimum atomic E-state index is -2.49. The Hall–Kier alpha value is -0.100. The van der Waals surface area contributed by atoms with Gasteiger partial charge in [0.05, 0.1) is 0 Å². The molecule has 29 heavy (non-hydrogen) atoms. The quantitative estimate of drug-likeness (QED) is 0.142. The molecule has 0 saturated carbocycles. The first-order valence-corrected chi connectivity index (χ1v) is 16.1. The van der Waals surface area contributed by atoms with E-state index < -0.39 is 6.83 Å². The zero-order valence-corrected chi connectivity index (χ0v) is 22.0. The molecule has 0 bridgehead atoms. The molecule has 0 aliphatic heterocycles. The van der Waals surface area contributed by atoms with Crippen molar-refractivity contribution in [2.45, 2.75) is 131 Å². The molecular weight excluding hydrogens is 375 g/mol. The molecule has 0 rings (SSSR count). The van der Waals surface area contributed by atoms with Crippen molar-refractivity contribution in [1.82, 2.24) is 0 Å². The Morgan fingerprint density at radius 3 is 1.38 bits per heavy atom. The van der Waals surface area contributed by atoms with E-state index in [1.165, 1.54) is 88.9 Å². The monoisotopic (exact) mass is 430 g/mol. The summed E-state index contributed by atoms with van der Waals surface area (Å²) < 4.78 is 6.97. The average molecular weight is 431 g/mol. The molecule has 0 aromatic carbocycles. The second-order valence-corrected chi connectivity index (χ2v) is 15.2. The summed E-state index contributed by atoms with van der Waals surface area (Å²) in [5, 5.41) is 0. The van der Waals surface area contributed by atoms with Crippen LogP contribution >= 0.6 is 6.83 Å². The minimum absolute atomic E-state index is 0.118. The van der Waals surface area contributed by atoms with Gasteiger partial charge in [0.25, 0.3) is 0 Å². The molecule has 3 heteroatoms. The van der Waals surface area contributed by atoms with Crippen molar-refractivity contribution < 1.29 is 9.32 Å². The normalized spacial score (nSPS) is 13.4. The van der Waals surface area contributed by atoms with E-state index in [-0.39, 0.29) is 11.9 Å². The van der Waals surface area contributed by atoms with Crippen LogP contribution in [0, 0.1) is 5.92 Å². The van der Waals surface area contributed by atoms with Crippen LogP contribution in [0.4, 0.5) is 0 Å². The molecule has 0 aromatic heterocycles. The number of unbranched alkanes of at least 4 members (excludes halogenated alkanes) is 6. The van der Waals surface area contributed by atoms with Gasteiger partial charge in [-0.2, -0.15) is 0 Å². The van der Waals surface area contributed by atoms with E-state index in [9.17, 15) is 4.79 Å². The number of hydrogen-bond donors (Lipinski definition) is 0. The second kappa shape index (κ2) is 16.6. The van der Waals surface area contributed by atoms with Gasteiger partial charge in [0, 0.05) is 0 Å². The number of carbonyl (C=O) groups excluding carboxylic acids is 1. The molecule has 0 fully saturated rings. The molecule has 2 nitrogen and oxygen atoms in total. The maximum atomic E-state index is 13.5. The average Bonchev–Trinajstić information content (AvgIpc) is 2.73. The van der Waals surface area contributed by atoms with Gasteiger partial charge in [-0.05, 0) is 0 Å². The van der Waals surface area contributed by atoms with Crippen LogP contribution in [0.25, 0.3) is 0 Å². The Morgan fingerprint density at radius 2 is 1.00 bits per heavy atom. The van der Waals surface area contributed by atoms with Crippen molar-refractivity contribution in [3.63, 3.8) is 0 Å². The molecule has 0 N–H and O–H groups in total. The van der Waals surface area contributed by atoms with Crippen molar-refractivity contribution >= 4 is 12.8 Å². The molecule has 0 aliphatic carbocycles.